The van der Waals surface area contributed by atoms with Gasteiger partial charge in [0.25, 0.3) is 0 Å². The molecule has 158 valence electrons. The number of carbonyl (C=O) groups is 2. The molecule has 2 aliphatic rings. The fourth-order valence-electron chi connectivity index (χ4n) is 3.78. The first-order valence-corrected chi connectivity index (χ1v) is 12.0. The lowest BCUT2D eigenvalue weighted by Gasteiger charge is -2.22. The maximum Gasteiger partial charge on any atom is 0.230 e. The Balaban J connectivity index is 1.45. The normalized spacial score (nSPS) is 18.2. The molecule has 1 heterocycles. The largest absolute Gasteiger partial charge is 0.325 e. The molecule has 1 atom stereocenters. The second kappa shape index (κ2) is 8.04. The Hall–Kier alpha value is -2.38. The van der Waals surface area contributed by atoms with Crippen molar-refractivity contribution in [1.29, 1.82) is 0 Å². The van der Waals surface area contributed by atoms with Crippen LogP contribution in [-0.2, 0) is 25.8 Å². The Labute approximate surface area is 181 Å². The van der Waals surface area contributed by atoms with Gasteiger partial charge >= 0.3 is 0 Å². The van der Waals surface area contributed by atoms with Crippen LogP contribution in [0.4, 0.5) is 11.4 Å². The summed E-state index contributed by atoms with van der Waals surface area (Å²) in [6.45, 7) is 1.98. The molecule has 1 fully saturated rings. The van der Waals surface area contributed by atoms with E-state index in [1.807, 2.05) is 6.92 Å². The third-order valence-electron chi connectivity index (χ3n) is 5.54. The van der Waals surface area contributed by atoms with E-state index in [-0.39, 0.29) is 34.9 Å². The van der Waals surface area contributed by atoms with Gasteiger partial charge in [0.2, 0.25) is 11.8 Å². The highest BCUT2D eigenvalue weighted by molar-refractivity contribution is 7.91. The van der Waals surface area contributed by atoms with Crippen molar-refractivity contribution in [3.63, 3.8) is 0 Å². The zero-order chi connectivity index (χ0) is 21.5. The summed E-state index contributed by atoms with van der Waals surface area (Å²) in [5.74, 6) is -0.475. The molecule has 2 aromatic rings. The summed E-state index contributed by atoms with van der Waals surface area (Å²) in [6, 6.07) is 11.7. The van der Waals surface area contributed by atoms with Gasteiger partial charge in [0.15, 0.2) is 9.84 Å². The van der Waals surface area contributed by atoms with E-state index in [0.29, 0.717) is 17.1 Å². The van der Waals surface area contributed by atoms with Gasteiger partial charge < -0.3 is 10.2 Å². The lowest BCUT2D eigenvalue weighted by molar-refractivity contribution is -0.120. The molecule has 0 bridgehead atoms. The molecule has 4 rings (SSSR count). The number of nitrogens with one attached hydrogen (secondary N) is 1. The van der Waals surface area contributed by atoms with Crippen LogP contribution in [0.2, 0.25) is 5.02 Å². The van der Waals surface area contributed by atoms with Crippen molar-refractivity contribution in [2.75, 3.05) is 16.0 Å². The van der Waals surface area contributed by atoms with Gasteiger partial charge in [-0.2, -0.15) is 0 Å². The van der Waals surface area contributed by atoms with Crippen molar-refractivity contribution in [2.24, 2.45) is 5.92 Å². The number of hydrogen-bond acceptors (Lipinski definition) is 4. The Kier molecular flexibility index (Phi) is 5.59. The van der Waals surface area contributed by atoms with E-state index < -0.39 is 15.7 Å². The number of para-hydroxylation sites is 1. The predicted molar refractivity (Wildman–Crippen MR) is 117 cm³/mol. The third-order valence-corrected chi connectivity index (χ3v) is 7.58. The SMILES string of the molecule is CC1Cc2cc(S(=O)(=O)CCC(=O)Nc3ccccc3Cl)ccc2N1C(=O)C1CC1. The molecular weight excluding hydrogens is 424 g/mol. The number of sulfone groups is 1. The van der Waals surface area contributed by atoms with Crippen LogP contribution in [0.5, 0.6) is 0 Å². The standard InChI is InChI=1S/C22H23ClN2O4S/c1-14-12-16-13-17(8-9-20(16)25(14)22(27)15-6-7-15)30(28,29)11-10-21(26)24-19-5-3-2-4-18(19)23/h2-5,8-9,13-15H,6-7,10-12H2,1H3,(H,24,26). The summed E-state index contributed by atoms with van der Waals surface area (Å²) in [6.07, 6.45) is 2.32. The molecule has 2 aromatic carbocycles. The van der Waals surface area contributed by atoms with Crippen LogP contribution in [0, 0.1) is 5.92 Å². The number of halogens is 1. The van der Waals surface area contributed by atoms with Crippen LogP contribution < -0.4 is 10.2 Å². The zero-order valence-corrected chi connectivity index (χ0v) is 18.2. The molecule has 30 heavy (non-hydrogen) atoms. The smallest absolute Gasteiger partial charge is 0.230 e. The van der Waals surface area contributed by atoms with Crippen molar-refractivity contribution in [2.45, 2.75) is 43.5 Å². The lowest BCUT2D eigenvalue weighted by atomic mass is 10.1. The van der Waals surface area contributed by atoms with E-state index in [9.17, 15) is 18.0 Å². The van der Waals surface area contributed by atoms with Gasteiger partial charge in [0, 0.05) is 24.1 Å². The second-order valence-electron chi connectivity index (χ2n) is 7.92. The number of fused-ring (bicyclic) bond motifs is 1. The van der Waals surface area contributed by atoms with Crippen molar-refractivity contribution < 1.29 is 18.0 Å². The number of benzene rings is 2. The van der Waals surface area contributed by atoms with E-state index in [0.717, 1.165) is 24.1 Å². The minimum atomic E-state index is -3.64. The summed E-state index contributed by atoms with van der Waals surface area (Å²) in [5, 5.41) is 3.03. The first-order chi connectivity index (χ1) is 14.3. The molecular formula is C22H23ClN2O4S. The molecule has 0 aromatic heterocycles. The number of hydrogen-bond donors (Lipinski definition) is 1. The maximum atomic E-state index is 12.8. The van der Waals surface area contributed by atoms with E-state index in [2.05, 4.69) is 5.32 Å². The van der Waals surface area contributed by atoms with E-state index in [1.165, 1.54) is 6.07 Å². The topological polar surface area (TPSA) is 83.6 Å². The molecule has 1 aliphatic carbocycles. The Bertz CT molecular complexity index is 1110. The minimum Gasteiger partial charge on any atom is -0.325 e. The van der Waals surface area contributed by atoms with Crippen molar-refractivity contribution in [1.82, 2.24) is 0 Å². The predicted octanol–water partition coefficient (Wildman–Crippen LogP) is 3.83. The van der Waals surface area contributed by atoms with Crippen LogP contribution in [0.3, 0.4) is 0 Å². The Morgan fingerprint density at radius 3 is 2.60 bits per heavy atom. The van der Waals surface area contributed by atoms with Crippen LogP contribution in [0.1, 0.15) is 31.7 Å². The van der Waals surface area contributed by atoms with Gasteiger partial charge in [-0.05, 0) is 62.1 Å². The second-order valence-corrected chi connectivity index (χ2v) is 10.4. The van der Waals surface area contributed by atoms with E-state index in [1.54, 1.807) is 41.3 Å². The summed E-state index contributed by atoms with van der Waals surface area (Å²) in [5.41, 5.74) is 2.11. The van der Waals surface area contributed by atoms with Crippen LogP contribution >= 0.6 is 11.6 Å². The number of carbonyl (C=O) groups excluding carboxylic acids is 2. The highest BCUT2D eigenvalue weighted by atomic mass is 35.5. The lowest BCUT2D eigenvalue weighted by Crippen LogP contribution is -2.36. The molecule has 1 aliphatic heterocycles. The highest BCUT2D eigenvalue weighted by Gasteiger charge is 2.39. The molecule has 6 nitrogen and oxygen atoms in total. The molecule has 1 N–H and O–H groups in total. The van der Waals surface area contributed by atoms with Crippen LogP contribution in [0.25, 0.3) is 0 Å². The van der Waals surface area contributed by atoms with Gasteiger partial charge in [0.05, 0.1) is 21.4 Å². The molecule has 2 amide bonds. The molecule has 1 saturated carbocycles. The van der Waals surface area contributed by atoms with Crippen molar-refractivity contribution >= 4 is 44.6 Å². The number of rotatable bonds is 6. The summed E-state index contributed by atoms with van der Waals surface area (Å²) in [7, 11) is -3.64. The van der Waals surface area contributed by atoms with Gasteiger partial charge in [-0.1, -0.05) is 23.7 Å². The molecule has 0 spiro atoms. The summed E-state index contributed by atoms with van der Waals surface area (Å²) in [4.78, 5) is 26.7. The van der Waals surface area contributed by atoms with Gasteiger partial charge in [-0.25, -0.2) is 8.42 Å². The zero-order valence-electron chi connectivity index (χ0n) is 16.6. The number of amides is 2. The van der Waals surface area contributed by atoms with Crippen molar-refractivity contribution in [3.8, 4) is 0 Å². The minimum absolute atomic E-state index is 0.0208. The first kappa shape index (κ1) is 20.9. The van der Waals surface area contributed by atoms with E-state index in [4.69, 9.17) is 11.6 Å². The molecule has 0 saturated heterocycles. The van der Waals surface area contributed by atoms with Crippen LogP contribution in [-0.4, -0.2) is 32.0 Å². The summed E-state index contributed by atoms with van der Waals surface area (Å²) < 4.78 is 25.6. The maximum absolute atomic E-state index is 12.8. The quantitative estimate of drug-likeness (QED) is 0.730. The average molecular weight is 447 g/mol. The Morgan fingerprint density at radius 1 is 1.17 bits per heavy atom. The number of nitrogens with zero attached hydrogens (tertiary/aromatic N) is 1. The molecule has 1 unspecified atom stereocenters. The average Bonchev–Trinajstić information content (AvgIpc) is 3.50. The Morgan fingerprint density at radius 2 is 1.90 bits per heavy atom. The summed E-state index contributed by atoms with van der Waals surface area (Å²) >= 11 is 6.02. The van der Waals surface area contributed by atoms with Gasteiger partial charge in [-0.15, -0.1) is 0 Å². The fourth-order valence-corrected chi connectivity index (χ4v) is 5.25. The monoisotopic (exact) mass is 446 g/mol. The first-order valence-electron chi connectivity index (χ1n) is 9.99. The van der Waals surface area contributed by atoms with Crippen LogP contribution in [0.15, 0.2) is 47.4 Å². The van der Waals surface area contributed by atoms with Gasteiger partial charge in [0.1, 0.15) is 0 Å². The van der Waals surface area contributed by atoms with Gasteiger partial charge in [-0.3, -0.25) is 9.59 Å². The molecule has 0 radical (unpaired) electrons. The highest BCUT2D eigenvalue weighted by Crippen LogP contribution is 2.39. The third kappa shape index (κ3) is 4.23. The van der Waals surface area contributed by atoms with Crippen molar-refractivity contribution in [3.05, 3.63) is 53.1 Å². The van der Waals surface area contributed by atoms with E-state index >= 15 is 0 Å². The molecule has 8 heteroatoms. The number of anilines is 2. The fraction of sp³-hybridized carbons (Fsp3) is 0.364.